The smallest absolute Gasteiger partial charge is 0.333 e. The summed E-state index contributed by atoms with van der Waals surface area (Å²) in [6, 6.07) is 0. The molecule has 0 bridgehead atoms. The van der Waals surface area contributed by atoms with Gasteiger partial charge < -0.3 is 9.47 Å². The van der Waals surface area contributed by atoms with E-state index in [4.69, 9.17) is 9.47 Å². The van der Waals surface area contributed by atoms with Crippen LogP contribution in [0.2, 0.25) is 0 Å². The van der Waals surface area contributed by atoms with Crippen LogP contribution >= 0.6 is 0 Å². The van der Waals surface area contributed by atoms with Gasteiger partial charge in [0.05, 0.1) is 0 Å². The average molecular weight is 517 g/mol. The van der Waals surface area contributed by atoms with Crippen molar-refractivity contribution >= 4 is 11.9 Å². The van der Waals surface area contributed by atoms with Gasteiger partial charge in [0, 0.05) is 16.6 Å². The van der Waals surface area contributed by atoms with Crippen LogP contribution < -0.4 is 0 Å². The van der Waals surface area contributed by atoms with Crippen molar-refractivity contribution in [3.8, 4) is 0 Å². The van der Waals surface area contributed by atoms with Gasteiger partial charge in [0.15, 0.2) is 0 Å². The third-order valence-electron chi connectivity index (χ3n) is 9.34. The number of hydrogen-bond acceptors (Lipinski definition) is 4. The van der Waals surface area contributed by atoms with E-state index >= 15 is 0 Å². The lowest BCUT2D eigenvalue weighted by Crippen LogP contribution is -2.43. The van der Waals surface area contributed by atoms with Crippen molar-refractivity contribution in [2.45, 2.75) is 130 Å². The van der Waals surface area contributed by atoms with Crippen LogP contribution in [0.15, 0.2) is 24.3 Å². The van der Waals surface area contributed by atoms with Crippen LogP contribution in [0.25, 0.3) is 0 Å². The summed E-state index contributed by atoms with van der Waals surface area (Å²) in [5, 5.41) is 0. The maximum absolute atomic E-state index is 12.3. The van der Waals surface area contributed by atoms with E-state index in [0.717, 1.165) is 43.4 Å². The fourth-order valence-corrected chi connectivity index (χ4v) is 6.98. The Balaban J connectivity index is 1.93. The highest BCUT2D eigenvalue weighted by Crippen LogP contribution is 2.48. The molecule has 0 N–H and O–H groups in total. The summed E-state index contributed by atoms with van der Waals surface area (Å²) in [6.07, 6.45) is 20.6. The number of esters is 2. The molecule has 212 valence electrons. The molecule has 0 amide bonds. The lowest BCUT2D eigenvalue weighted by molar-refractivity contribution is -0.154. The average Bonchev–Trinajstić information content (AvgIpc) is 2.90. The Labute approximate surface area is 228 Å². The fourth-order valence-electron chi connectivity index (χ4n) is 6.98. The van der Waals surface area contributed by atoms with E-state index in [1.165, 1.54) is 77.0 Å². The quantitative estimate of drug-likeness (QED) is 0.117. The number of hydrogen-bond donors (Lipinski definition) is 0. The first-order chi connectivity index (χ1) is 17.7. The highest BCUT2D eigenvalue weighted by atomic mass is 16.5. The molecule has 0 aromatic rings. The normalized spacial score (nSPS) is 24.3. The van der Waals surface area contributed by atoms with Gasteiger partial charge in [-0.1, -0.05) is 84.8 Å². The van der Waals surface area contributed by atoms with Gasteiger partial charge in [0.2, 0.25) is 0 Å². The molecule has 4 nitrogen and oxygen atoms in total. The Hall–Kier alpha value is -1.58. The maximum Gasteiger partial charge on any atom is 0.333 e. The Kier molecular flexibility index (Phi) is 14.0. The van der Waals surface area contributed by atoms with Crippen LogP contribution in [0.3, 0.4) is 0 Å². The zero-order chi connectivity index (χ0) is 27.3. The fraction of sp³-hybridized carbons (Fsp3) is 0.818. The van der Waals surface area contributed by atoms with Crippen molar-refractivity contribution in [2.24, 2.45) is 29.1 Å². The molecule has 0 saturated heterocycles. The van der Waals surface area contributed by atoms with E-state index in [1.54, 1.807) is 13.8 Å². The second-order valence-corrected chi connectivity index (χ2v) is 12.4. The Bertz CT molecular complexity index is 693. The van der Waals surface area contributed by atoms with Gasteiger partial charge in [-0.2, -0.15) is 0 Å². The van der Waals surface area contributed by atoms with E-state index in [1.807, 2.05) is 0 Å². The SMILES string of the molecule is C=C(C)C(=O)OCC(CCC)(COC(=O)C(=C)C)C1CCC(C2CCC(CCCCCCC)CC2)CC1. The second-order valence-electron chi connectivity index (χ2n) is 12.4. The van der Waals surface area contributed by atoms with Crippen LogP contribution in [0.1, 0.15) is 130 Å². The molecule has 0 radical (unpaired) electrons. The largest absolute Gasteiger partial charge is 0.462 e. The van der Waals surface area contributed by atoms with Gasteiger partial charge in [-0.25, -0.2) is 9.59 Å². The summed E-state index contributed by atoms with van der Waals surface area (Å²) < 4.78 is 11.4. The Morgan fingerprint density at radius 3 is 1.65 bits per heavy atom. The molecule has 2 fully saturated rings. The summed E-state index contributed by atoms with van der Waals surface area (Å²) >= 11 is 0. The van der Waals surface area contributed by atoms with Gasteiger partial charge in [-0.05, 0) is 82.5 Å². The standard InChI is InChI=1S/C33H56O4/c1-7-9-10-11-12-13-27-14-16-28(17-15-27)29-18-20-30(21-19-29)33(22-8-2,23-36-31(34)25(3)4)24-37-32(35)26(5)6/h27-30H,3,5,7-24H2,1-2,4,6H3. The van der Waals surface area contributed by atoms with Crippen molar-refractivity contribution in [1.29, 1.82) is 0 Å². The molecule has 37 heavy (non-hydrogen) atoms. The van der Waals surface area contributed by atoms with Crippen LogP contribution in [-0.4, -0.2) is 25.2 Å². The molecule has 0 atom stereocenters. The minimum absolute atomic E-state index is 0.286. The number of ether oxygens (including phenoxy) is 2. The van der Waals surface area contributed by atoms with Crippen molar-refractivity contribution in [1.82, 2.24) is 0 Å². The topological polar surface area (TPSA) is 52.6 Å². The van der Waals surface area contributed by atoms with Crippen molar-refractivity contribution in [2.75, 3.05) is 13.2 Å². The van der Waals surface area contributed by atoms with Crippen molar-refractivity contribution < 1.29 is 19.1 Å². The summed E-state index contributed by atoms with van der Waals surface area (Å²) in [5.41, 5.74) is 0.472. The van der Waals surface area contributed by atoms with Crippen LogP contribution in [0.5, 0.6) is 0 Å². The lowest BCUT2D eigenvalue weighted by Gasteiger charge is -2.45. The lowest BCUT2D eigenvalue weighted by atomic mass is 9.62. The van der Waals surface area contributed by atoms with E-state index in [0.29, 0.717) is 17.1 Å². The van der Waals surface area contributed by atoms with E-state index in [-0.39, 0.29) is 30.6 Å². The molecule has 2 aliphatic rings. The predicted octanol–water partition coefficient (Wildman–Crippen LogP) is 8.98. The maximum atomic E-state index is 12.3. The molecule has 2 saturated carbocycles. The molecule has 4 heteroatoms. The molecule has 2 aliphatic carbocycles. The first kappa shape index (κ1) is 31.6. The summed E-state index contributed by atoms with van der Waals surface area (Å²) in [5.74, 6) is 2.32. The monoisotopic (exact) mass is 516 g/mol. The third kappa shape index (κ3) is 10.2. The predicted molar refractivity (Wildman–Crippen MR) is 153 cm³/mol. The molecule has 0 spiro atoms. The van der Waals surface area contributed by atoms with Crippen LogP contribution in [0.4, 0.5) is 0 Å². The van der Waals surface area contributed by atoms with Gasteiger partial charge in [-0.15, -0.1) is 0 Å². The zero-order valence-corrected chi connectivity index (χ0v) is 24.6. The van der Waals surface area contributed by atoms with Gasteiger partial charge in [0.1, 0.15) is 13.2 Å². The van der Waals surface area contributed by atoms with Gasteiger partial charge in [-0.3, -0.25) is 0 Å². The Morgan fingerprint density at radius 2 is 1.19 bits per heavy atom. The molecule has 2 rings (SSSR count). The molecule has 0 aromatic heterocycles. The van der Waals surface area contributed by atoms with E-state index < -0.39 is 0 Å². The zero-order valence-electron chi connectivity index (χ0n) is 24.6. The van der Waals surface area contributed by atoms with E-state index in [2.05, 4.69) is 27.0 Å². The van der Waals surface area contributed by atoms with Crippen LogP contribution in [0, 0.1) is 29.1 Å². The molecule has 0 aromatic carbocycles. The Morgan fingerprint density at radius 1 is 0.703 bits per heavy atom. The summed E-state index contributed by atoms with van der Waals surface area (Å²) in [6.45, 7) is 15.8. The van der Waals surface area contributed by atoms with Gasteiger partial charge in [0.25, 0.3) is 0 Å². The molecular formula is C33H56O4. The van der Waals surface area contributed by atoms with Crippen LogP contribution in [-0.2, 0) is 19.1 Å². The highest BCUT2D eigenvalue weighted by Gasteiger charge is 2.43. The van der Waals surface area contributed by atoms with Crippen molar-refractivity contribution in [3.63, 3.8) is 0 Å². The minimum atomic E-state index is -0.359. The third-order valence-corrected chi connectivity index (χ3v) is 9.34. The molecule has 0 unspecified atom stereocenters. The first-order valence-electron chi connectivity index (χ1n) is 15.4. The second kappa shape index (κ2) is 16.4. The molecule has 0 aliphatic heterocycles. The number of unbranched alkanes of at least 4 members (excludes halogenated alkanes) is 4. The van der Waals surface area contributed by atoms with Gasteiger partial charge >= 0.3 is 11.9 Å². The number of carbonyl (C=O) groups excluding carboxylic acids is 2. The van der Waals surface area contributed by atoms with E-state index in [9.17, 15) is 9.59 Å². The minimum Gasteiger partial charge on any atom is -0.462 e. The highest BCUT2D eigenvalue weighted by molar-refractivity contribution is 5.87. The summed E-state index contributed by atoms with van der Waals surface area (Å²) in [4.78, 5) is 24.6. The first-order valence-corrected chi connectivity index (χ1v) is 15.4. The summed E-state index contributed by atoms with van der Waals surface area (Å²) in [7, 11) is 0. The van der Waals surface area contributed by atoms with Crippen molar-refractivity contribution in [3.05, 3.63) is 24.3 Å². The molecule has 0 heterocycles. The molecular weight excluding hydrogens is 460 g/mol. The number of rotatable bonds is 16. The number of carbonyl (C=O) groups is 2.